The molecule has 0 aliphatic carbocycles. The Morgan fingerprint density at radius 2 is 1.46 bits per heavy atom. The van der Waals surface area contributed by atoms with E-state index in [1.54, 1.807) is 24.3 Å². The first-order valence-electron chi connectivity index (χ1n) is 7.75. The predicted molar refractivity (Wildman–Crippen MR) is 112 cm³/mol. The molecule has 3 aromatic carbocycles. The maximum absolute atomic E-state index is 12.2. The largest absolute Gasteiger partial charge is 0.332 e. The monoisotopic (exact) mass is 400 g/mol. The lowest BCUT2D eigenvalue weighted by molar-refractivity contribution is 0.0977. The van der Waals surface area contributed by atoms with E-state index in [9.17, 15) is 4.79 Å². The standard InChI is InChI=1S/C20H14Cl2N2OS/c21-16-5-1-3-14(11-16)13-7-9-18(10-8-13)23-20(26)24-19(25)15-4-2-6-17(22)12-15/h1-12H,(H2,23,24,25,26). The second kappa shape index (κ2) is 8.32. The zero-order valence-electron chi connectivity index (χ0n) is 13.5. The number of amides is 1. The minimum atomic E-state index is -0.319. The molecule has 3 nitrogen and oxygen atoms in total. The Morgan fingerprint density at radius 1 is 0.808 bits per heavy atom. The maximum Gasteiger partial charge on any atom is 0.257 e. The van der Waals surface area contributed by atoms with E-state index >= 15 is 0 Å². The van der Waals surface area contributed by atoms with Gasteiger partial charge in [0.1, 0.15) is 0 Å². The fourth-order valence-corrected chi connectivity index (χ4v) is 2.97. The van der Waals surface area contributed by atoms with E-state index < -0.39 is 0 Å². The maximum atomic E-state index is 12.2. The summed E-state index contributed by atoms with van der Waals surface area (Å²) in [4.78, 5) is 12.2. The Kier molecular flexibility index (Phi) is 5.89. The van der Waals surface area contributed by atoms with Gasteiger partial charge in [-0.3, -0.25) is 10.1 Å². The number of carbonyl (C=O) groups excluding carboxylic acids is 1. The zero-order chi connectivity index (χ0) is 18.5. The topological polar surface area (TPSA) is 41.1 Å². The summed E-state index contributed by atoms with van der Waals surface area (Å²) in [5.74, 6) is -0.319. The molecule has 0 aromatic heterocycles. The molecule has 3 aromatic rings. The number of anilines is 1. The van der Waals surface area contributed by atoms with Crippen molar-refractivity contribution in [3.05, 3.63) is 88.4 Å². The molecule has 0 aliphatic heterocycles. The van der Waals surface area contributed by atoms with Crippen molar-refractivity contribution in [3.63, 3.8) is 0 Å². The molecule has 26 heavy (non-hydrogen) atoms. The van der Waals surface area contributed by atoms with Gasteiger partial charge < -0.3 is 5.32 Å². The van der Waals surface area contributed by atoms with Gasteiger partial charge in [-0.25, -0.2) is 0 Å². The molecule has 0 heterocycles. The van der Waals surface area contributed by atoms with Crippen LogP contribution in [0.25, 0.3) is 11.1 Å². The minimum Gasteiger partial charge on any atom is -0.332 e. The molecule has 0 bridgehead atoms. The smallest absolute Gasteiger partial charge is 0.257 e. The third-order valence-electron chi connectivity index (χ3n) is 3.61. The highest BCUT2D eigenvalue weighted by Crippen LogP contribution is 2.24. The molecule has 130 valence electrons. The second-order valence-corrected chi connectivity index (χ2v) is 6.79. The molecule has 0 fully saturated rings. The predicted octanol–water partition coefficient (Wildman–Crippen LogP) is 5.79. The molecular formula is C20H14Cl2N2OS. The second-order valence-electron chi connectivity index (χ2n) is 5.51. The molecule has 3 rings (SSSR count). The molecule has 0 atom stereocenters. The van der Waals surface area contributed by atoms with Crippen LogP contribution in [0.5, 0.6) is 0 Å². The number of hydrogen-bond donors (Lipinski definition) is 2. The highest BCUT2D eigenvalue weighted by molar-refractivity contribution is 7.80. The van der Waals surface area contributed by atoms with Crippen LogP contribution in [0.1, 0.15) is 10.4 Å². The molecule has 0 radical (unpaired) electrons. The number of rotatable bonds is 3. The third-order valence-corrected chi connectivity index (χ3v) is 4.29. The number of benzene rings is 3. The number of carbonyl (C=O) groups is 1. The van der Waals surface area contributed by atoms with Crippen molar-refractivity contribution in [2.75, 3.05) is 5.32 Å². The van der Waals surface area contributed by atoms with Crippen molar-refractivity contribution >= 4 is 52.1 Å². The van der Waals surface area contributed by atoms with E-state index in [0.717, 1.165) is 16.8 Å². The van der Waals surface area contributed by atoms with Crippen molar-refractivity contribution in [1.82, 2.24) is 5.32 Å². The van der Waals surface area contributed by atoms with Gasteiger partial charge in [-0.05, 0) is 65.8 Å². The first-order chi connectivity index (χ1) is 12.5. The summed E-state index contributed by atoms with van der Waals surface area (Å²) >= 11 is 17.1. The number of nitrogens with one attached hydrogen (secondary N) is 2. The average Bonchev–Trinajstić information content (AvgIpc) is 2.62. The van der Waals surface area contributed by atoms with E-state index in [-0.39, 0.29) is 11.0 Å². The number of hydrogen-bond acceptors (Lipinski definition) is 2. The summed E-state index contributed by atoms with van der Waals surface area (Å²) in [7, 11) is 0. The molecule has 1 amide bonds. The summed E-state index contributed by atoms with van der Waals surface area (Å²) in [6.45, 7) is 0. The number of halogens is 2. The average molecular weight is 401 g/mol. The van der Waals surface area contributed by atoms with Crippen LogP contribution in [-0.4, -0.2) is 11.0 Å². The summed E-state index contributed by atoms with van der Waals surface area (Å²) in [6, 6.07) is 22.0. The van der Waals surface area contributed by atoms with Gasteiger partial charge in [0.15, 0.2) is 5.11 Å². The van der Waals surface area contributed by atoms with Gasteiger partial charge in [0.25, 0.3) is 5.91 Å². The lowest BCUT2D eigenvalue weighted by Crippen LogP contribution is -2.34. The van der Waals surface area contributed by atoms with Crippen LogP contribution in [0, 0.1) is 0 Å². The fourth-order valence-electron chi connectivity index (χ4n) is 2.38. The minimum absolute atomic E-state index is 0.213. The molecule has 0 spiro atoms. The van der Waals surface area contributed by atoms with Gasteiger partial charge in [0, 0.05) is 21.3 Å². The van der Waals surface area contributed by atoms with Gasteiger partial charge in [-0.2, -0.15) is 0 Å². The van der Waals surface area contributed by atoms with Gasteiger partial charge in [0.2, 0.25) is 0 Å². The Hall–Kier alpha value is -2.40. The van der Waals surface area contributed by atoms with Crippen LogP contribution in [0.15, 0.2) is 72.8 Å². The molecule has 2 N–H and O–H groups in total. The Labute approximate surface area is 167 Å². The normalized spacial score (nSPS) is 10.2. The van der Waals surface area contributed by atoms with Crippen LogP contribution in [0.2, 0.25) is 10.0 Å². The fraction of sp³-hybridized carbons (Fsp3) is 0. The SMILES string of the molecule is O=C(NC(=S)Nc1ccc(-c2cccc(Cl)c2)cc1)c1cccc(Cl)c1. The quantitative estimate of drug-likeness (QED) is 0.546. The first-order valence-corrected chi connectivity index (χ1v) is 8.91. The summed E-state index contributed by atoms with van der Waals surface area (Å²) in [5, 5.41) is 7.02. The van der Waals surface area contributed by atoms with E-state index in [1.165, 1.54) is 0 Å². The van der Waals surface area contributed by atoms with Crippen LogP contribution in [0.4, 0.5) is 5.69 Å². The van der Waals surface area contributed by atoms with Gasteiger partial charge in [0.05, 0.1) is 0 Å². The van der Waals surface area contributed by atoms with Gasteiger partial charge in [-0.15, -0.1) is 0 Å². The lowest BCUT2D eigenvalue weighted by Gasteiger charge is -2.10. The van der Waals surface area contributed by atoms with Crippen molar-refractivity contribution in [3.8, 4) is 11.1 Å². The van der Waals surface area contributed by atoms with Crippen LogP contribution in [-0.2, 0) is 0 Å². The highest BCUT2D eigenvalue weighted by atomic mass is 35.5. The van der Waals surface area contributed by atoms with E-state index in [2.05, 4.69) is 10.6 Å². The first kappa shape index (κ1) is 18.4. The van der Waals surface area contributed by atoms with Crippen LogP contribution in [0.3, 0.4) is 0 Å². The van der Waals surface area contributed by atoms with Gasteiger partial charge >= 0.3 is 0 Å². The molecule has 0 unspecified atom stereocenters. The van der Waals surface area contributed by atoms with E-state index in [4.69, 9.17) is 35.4 Å². The van der Waals surface area contributed by atoms with E-state index in [1.807, 2.05) is 48.5 Å². The summed E-state index contributed by atoms with van der Waals surface area (Å²) in [6.07, 6.45) is 0. The van der Waals surface area contributed by atoms with Gasteiger partial charge in [-0.1, -0.05) is 53.5 Å². The Bertz CT molecular complexity index is 958. The van der Waals surface area contributed by atoms with Crippen molar-refractivity contribution < 1.29 is 4.79 Å². The van der Waals surface area contributed by atoms with E-state index in [0.29, 0.717) is 15.6 Å². The Morgan fingerprint density at radius 3 is 2.12 bits per heavy atom. The molecule has 0 aliphatic rings. The Balaban J connectivity index is 1.63. The van der Waals surface area contributed by atoms with Crippen LogP contribution >= 0.6 is 35.4 Å². The summed E-state index contributed by atoms with van der Waals surface area (Å²) in [5.41, 5.74) is 3.28. The van der Waals surface area contributed by atoms with Crippen LogP contribution < -0.4 is 10.6 Å². The van der Waals surface area contributed by atoms with Crippen molar-refractivity contribution in [2.45, 2.75) is 0 Å². The molecule has 6 heteroatoms. The van der Waals surface area contributed by atoms with Crippen molar-refractivity contribution in [2.24, 2.45) is 0 Å². The molecular weight excluding hydrogens is 387 g/mol. The summed E-state index contributed by atoms with van der Waals surface area (Å²) < 4.78 is 0. The highest BCUT2D eigenvalue weighted by Gasteiger charge is 2.08. The molecule has 0 saturated carbocycles. The lowest BCUT2D eigenvalue weighted by atomic mass is 10.1. The third kappa shape index (κ3) is 4.82. The number of thiocarbonyl (C=S) groups is 1. The van der Waals surface area contributed by atoms with Crippen molar-refractivity contribution in [1.29, 1.82) is 0 Å². The molecule has 0 saturated heterocycles. The zero-order valence-corrected chi connectivity index (χ0v) is 15.8.